The van der Waals surface area contributed by atoms with Crippen LogP contribution in [0.1, 0.15) is 15.2 Å². The van der Waals surface area contributed by atoms with Crippen LogP contribution in [-0.2, 0) is 4.79 Å². The topological polar surface area (TPSA) is 46.2 Å². The lowest BCUT2D eigenvalue weighted by molar-refractivity contribution is -0.110. The first-order chi connectivity index (χ1) is 8.75. The highest BCUT2D eigenvalue weighted by molar-refractivity contribution is 7.12. The molecule has 18 heavy (non-hydrogen) atoms. The number of para-hydroxylation sites is 1. The van der Waals surface area contributed by atoms with Crippen LogP contribution in [0.4, 0.5) is 5.69 Å². The van der Waals surface area contributed by atoms with Crippen molar-refractivity contribution in [3.63, 3.8) is 0 Å². The highest BCUT2D eigenvalue weighted by Gasteiger charge is 2.24. The number of carbonyl (C=O) groups is 2. The third kappa shape index (κ3) is 1.76. The molecule has 2 aromatic rings. The van der Waals surface area contributed by atoms with Gasteiger partial charge in [0, 0.05) is 17.3 Å². The van der Waals surface area contributed by atoms with Gasteiger partial charge in [0.05, 0.1) is 10.5 Å². The summed E-state index contributed by atoms with van der Waals surface area (Å²) in [5.74, 6) is -0.354. The van der Waals surface area contributed by atoms with Crippen LogP contribution >= 0.6 is 11.3 Å². The quantitative estimate of drug-likeness (QED) is 0.662. The third-order valence-corrected chi connectivity index (χ3v) is 3.63. The third-order valence-electron chi connectivity index (χ3n) is 2.75. The Hall–Kier alpha value is -2.20. The van der Waals surface area contributed by atoms with Gasteiger partial charge in [-0.15, -0.1) is 11.3 Å². The molecule has 3 rings (SSSR count). The van der Waals surface area contributed by atoms with Gasteiger partial charge < -0.3 is 5.32 Å². The maximum atomic E-state index is 12.0. The van der Waals surface area contributed by atoms with Crippen LogP contribution < -0.4 is 5.32 Å². The summed E-state index contributed by atoms with van der Waals surface area (Å²) in [4.78, 5) is 24.4. The molecular weight excluding hydrogens is 246 g/mol. The van der Waals surface area contributed by atoms with E-state index in [1.54, 1.807) is 6.07 Å². The largest absolute Gasteiger partial charge is 0.321 e. The van der Waals surface area contributed by atoms with Crippen molar-refractivity contribution in [2.45, 2.75) is 0 Å². The average Bonchev–Trinajstić information content (AvgIpc) is 2.98. The molecule has 1 aliphatic heterocycles. The standard InChI is InChI=1S/C14H9NO2S/c16-12(13-6-3-7-18-13)8-10-9-4-1-2-5-11(9)15-14(10)17/h1-8H,(H,15,17)/b10-8+. The minimum Gasteiger partial charge on any atom is -0.321 e. The highest BCUT2D eigenvalue weighted by atomic mass is 32.1. The van der Waals surface area contributed by atoms with Gasteiger partial charge in [0.25, 0.3) is 5.91 Å². The molecule has 0 saturated carbocycles. The first kappa shape index (κ1) is 10.9. The van der Waals surface area contributed by atoms with Crippen molar-refractivity contribution in [2.75, 3.05) is 5.32 Å². The van der Waals surface area contributed by atoms with Crippen LogP contribution in [0.5, 0.6) is 0 Å². The fourth-order valence-electron chi connectivity index (χ4n) is 1.90. The number of anilines is 1. The molecule has 3 nitrogen and oxygen atoms in total. The number of hydrogen-bond donors (Lipinski definition) is 1. The first-order valence-corrected chi connectivity index (χ1v) is 6.34. The van der Waals surface area contributed by atoms with E-state index in [4.69, 9.17) is 0 Å². The maximum Gasteiger partial charge on any atom is 0.256 e. The van der Waals surface area contributed by atoms with E-state index in [0.717, 1.165) is 11.3 Å². The molecule has 0 bridgehead atoms. The summed E-state index contributed by atoms with van der Waals surface area (Å²) >= 11 is 1.37. The van der Waals surface area contributed by atoms with Gasteiger partial charge in [0.1, 0.15) is 0 Å². The van der Waals surface area contributed by atoms with E-state index < -0.39 is 0 Å². The van der Waals surface area contributed by atoms with Crippen LogP contribution in [0.2, 0.25) is 0 Å². The van der Waals surface area contributed by atoms with Crippen LogP contribution in [-0.4, -0.2) is 11.7 Å². The number of carbonyl (C=O) groups excluding carboxylic acids is 2. The average molecular weight is 255 g/mol. The number of allylic oxidation sites excluding steroid dienone is 1. The monoisotopic (exact) mass is 255 g/mol. The van der Waals surface area contributed by atoms with Gasteiger partial charge in [-0.25, -0.2) is 0 Å². The van der Waals surface area contributed by atoms with Gasteiger partial charge >= 0.3 is 0 Å². The summed E-state index contributed by atoms with van der Waals surface area (Å²) in [5.41, 5.74) is 1.98. The van der Waals surface area contributed by atoms with Crippen LogP contribution in [0.15, 0.2) is 47.9 Å². The second-order valence-electron chi connectivity index (χ2n) is 3.90. The second-order valence-corrected chi connectivity index (χ2v) is 4.85. The number of hydrogen-bond acceptors (Lipinski definition) is 3. The van der Waals surface area contributed by atoms with Gasteiger partial charge in [-0.1, -0.05) is 24.3 Å². The van der Waals surface area contributed by atoms with Crippen molar-refractivity contribution in [2.24, 2.45) is 0 Å². The Labute approximate surface area is 108 Å². The minimum absolute atomic E-state index is 0.133. The van der Waals surface area contributed by atoms with Crippen molar-refractivity contribution >= 4 is 34.3 Å². The van der Waals surface area contributed by atoms with E-state index in [1.807, 2.05) is 35.7 Å². The number of amides is 1. The predicted molar refractivity (Wildman–Crippen MR) is 71.7 cm³/mol. The lowest BCUT2D eigenvalue weighted by Crippen LogP contribution is -2.05. The van der Waals surface area contributed by atoms with E-state index in [2.05, 4.69) is 5.32 Å². The van der Waals surface area contributed by atoms with E-state index >= 15 is 0 Å². The van der Waals surface area contributed by atoms with Crippen molar-refractivity contribution in [3.05, 3.63) is 58.3 Å². The number of fused-ring (bicyclic) bond motifs is 1. The number of rotatable bonds is 2. The molecule has 1 amide bonds. The Morgan fingerprint density at radius 3 is 2.78 bits per heavy atom. The van der Waals surface area contributed by atoms with E-state index in [9.17, 15) is 9.59 Å². The zero-order chi connectivity index (χ0) is 12.5. The summed E-state index contributed by atoms with van der Waals surface area (Å²) in [5, 5.41) is 4.58. The molecule has 4 heteroatoms. The van der Waals surface area contributed by atoms with Gasteiger partial charge in [-0.3, -0.25) is 9.59 Å². The number of ketones is 1. The molecule has 0 atom stereocenters. The summed E-state index contributed by atoms with van der Waals surface area (Å²) in [7, 11) is 0. The van der Waals surface area contributed by atoms with Crippen molar-refractivity contribution in [1.82, 2.24) is 0 Å². The molecule has 2 heterocycles. The lowest BCUT2D eigenvalue weighted by Gasteiger charge is -1.96. The summed E-state index contributed by atoms with van der Waals surface area (Å²) in [6, 6.07) is 10.9. The predicted octanol–water partition coefficient (Wildman–Crippen LogP) is 2.97. The molecule has 88 valence electrons. The van der Waals surface area contributed by atoms with E-state index in [0.29, 0.717) is 10.5 Å². The zero-order valence-electron chi connectivity index (χ0n) is 9.34. The molecule has 1 aliphatic rings. The summed E-state index contributed by atoms with van der Waals surface area (Å²) in [6.07, 6.45) is 1.41. The second kappa shape index (κ2) is 4.23. The number of thiophene rings is 1. The van der Waals surface area contributed by atoms with Gasteiger partial charge in [-0.05, 0) is 17.5 Å². The summed E-state index contributed by atoms with van der Waals surface area (Å²) < 4.78 is 0. The van der Waals surface area contributed by atoms with Gasteiger partial charge in [0.15, 0.2) is 5.78 Å². The smallest absolute Gasteiger partial charge is 0.256 e. The molecule has 1 aromatic carbocycles. The Balaban J connectivity index is 2.02. The number of benzene rings is 1. The molecule has 0 radical (unpaired) electrons. The fraction of sp³-hybridized carbons (Fsp3) is 0. The lowest BCUT2D eigenvalue weighted by atomic mass is 10.1. The normalized spacial score (nSPS) is 15.6. The Kier molecular flexibility index (Phi) is 2.57. The highest BCUT2D eigenvalue weighted by Crippen LogP contribution is 2.31. The first-order valence-electron chi connectivity index (χ1n) is 5.46. The van der Waals surface area contributed by atoms with Crippen LogP contribution in [0.25, 0.3) is 5.57 Å². The van der Waals surface area contributed by atoms with Crippen LogP contribution in [0, 0.1) is 0 Å². The molecular formula is C14H9NO2S. The number of nitrogens with one attached hydrogen (secondary N) is 1. The Morgan fingerprint density at radius 2 is 2.00 bits per heavy atom. The molecule has 0 aliphatic carbocycles. The van der Waals surface area contributed by atoms with E-state index in [-0.39, 0.29) is 11.7 Å². The fourth-order valence-corrected chi connectivity index (χ4v) is 2.54. The van der Waals surface area contributed by atoms with Crippen molar-refractivity contribution in [3.8, 4) is 0 Å². The molecule has 1 aromatic heterocycles. The Bertz CT molecular complexity index is 656. The minimum atomic E-state index is -0.221. The van der Waals surface area contributed by atoms with Crippen molar-refractivity contribution in [1.29, 1.82) is 0 Å². The maximum absolute atomic E-state index is 12.0. The molecule has 0 unspecified atom stereocenters. The zero-order valence-corrected chi connectivity index (χ0v) is 10.2. The van der Waals surface area contributed by atoms with Crippen LogP contribution in [0.3, 0.4) is 0 Å². The van der Waals surface area contributed by atoms with Gasteiger partial charge in [0.2, 0.25) is 0 Å². The molecule has 0 saturated heterocycles. The molecule has 0 fully saturated rings. The molecule has 1 N–H and O–H groups in total. The van der Waals surface area contributed by atoms with Crippen molar-refractivity contribution < 1.29 is 9.59 Å². The summed E-state index contributed by atoms with van der Waals surface area (Å²) in [6.45, 7) is 0. The molecule has 0 spiro atoms. The Morgan fingerprint density at radius 1 is 1.17 bits per heavy atom. The van der Waals surface area contributed by atoms with E-state index in [1.165, 1.54) is 17.4 Å². The van der Waals surface area contributed by atoms with Gasteiger partial charge in [-0.2, -0.15) is 0 Å². The SMILES string of the molecule is O=C1Nc2ccccc2/C1=C\C(=O)c1cccs1.